The number of aryl methyl sites for hydroxylation is 1. The van der Waals surface area contributed by atoms with Crippen LogP contribution in [0.4, 0.5) is 14.5 Å². The third-order valence-electron chi connectivity index (χ3n) is 6.31. The molecule has 39 heavy (non-hydrogen) atoms. The molecule has 0 unspecified atom stereocenters. The summed E-state index contributed by atoms with van der Waals surface area (Å²) in [4.78, 5) is 32.7. The number of hydrogen-bond acceptors (Lipinski definition) is 8. The number of piperazine rings is 1. The van der Waals surface area contributed by atoms with Gasteiger partial charge >= 0.3 is 6.61 Å². The molecule has 0 atom stereocenters. The SMILES string of the molecule is Cn1cc(NC(=O)c2cnn3cccnc23)c(-c2cc3sc(C(=O)N4CCNCC4)cc3cc2OC(F)F)n1. The molecule has 5 heterocycles. The lowest BCUT2D eigenvalue weighted by atomic mass is 10.1. The molecule has 200 valence electrons. The summed E-state index contributed by atoms with van der Waals surface area (Å²) >= 11 is 1.27. The zero-order valence-electron chi connectivity index (χ0n) is 20.6. The number of carbonyl (C=O) groups excluding carboxylic acids is 2. The Morgan fingerprint density at radius 2 is 2.03 bits per heavy atom. The zero-order chi connectivity index (χ0) is 27.1. The molecule has 1 saturated heterocycles. The fraction of sp³-hybridized carbons (Fsp3) is 0.240. The number of fused-ring (bicyclic) bond motifs is 2. The highest BCUT2D eigenvalue weighted by molar-refractivity contribution is 7.20. The third kappa shape index (κ3) is 4.79. The lowest BCUT2D eigenvalue weighted by Gasteiger charge is -2.26. The molecule has 0 aliphatic carbocycles. The van der Waals surface area contributed by atoms with Crippen molar-refractivity contribution in [3.63, 3.8) is 0 Å². The summed E-state index contributed by atoms with van der Waals surface area (Å²) in [5.74, 6) is -0.720. The Hall–Kier alpha value is -4.43. The van der Waals surface area contributed by atoms with E-state index in [1.807, 2.05) is 0 Å². The number of anilines is 1. The van der Waals surface area contributed by atoms with Crippen LogP contribution in [0.5, 0.6) is 5.75 Å². The van der Waals surface area contributed by atoms with Gasteiger partial charge in [-0.2, -0.15) is 19.0 Å². The number of aromatic nitrogens is 5. The van der Waals surface area contributed by atoms with Crippen LogP contribution >= 0.6 is 11.3 Å². The topological polar surface area (TPSA) is 119 Å². The first-order valence-electron chi connectivity index (χ1n) is 12.0. The number of benzene rings is 1. The van der Waals surface area contributed by atoms with Gasteiger partial charge in [0.1, 0.15) is 17.0 Å². The molecule has 1 fully saturated rings. The van der Waals surface area contributed by atoms with Crippen molar-refractivity contribution in [2.24, 2.45) is 7.05 Å². The predicted octanol–water partition coefficient (Wildman–Crippen LogP) is 3.24. The Kier molecular flexibility index (Phi) is 6.40. The van der Waals surface area contributed by atoms with E-state index in [9.17, 15) is 18.4 Å². The number of ether oxygens (including phenoxy) is 1. The molecule has 0 bridgehead atoms. The maximum absolute atomic E-state index is 13.4. The van der Waals surface area contributed by atoms with Gasteiger partial charge in [0.2, 0.25) is 0 Å². The highest BCUT2D eigenvalue weighted by atomic mass is 32.1. The Morgan fingerprint density at radius 3 is 2.82 bits per heavy atom. The molecule has 0 radical (unpaired) electrons. The molecule has 1 aromatic carbocycles. The van der Waals surface area contributed by atoms with Gasteiger partial charge in [-0.1, -0.05) is 0 Å². The third-order valence-corrected chi connectivity index (χ3v) is 7.39. The fourth-order valence-corrected chi connectivity index (χ4v) is 5.58. The maximum atomic E-state index is 13.4. The predicted molar refractivity (Wildman–Crippen MR) is 140 cm³/mol. The zero-order valence-corrected chi connectivity index (χ0v) is 21.4. The van der Waals surface area contributed by atoms with Crippen molar-refractivity contribution in [1.29, 1.82) is 0 Å². The van der Waals surface area contributed by atoms with E-state index in [2.05, 4.69) is 25.8 Å². The molecule has 0 spiro atoms. The number of halogens is 2. The number of rotatable bonds is 6. The highest BCUT2D eigenvalue weighted by Crippen LogP contribution is 2.40. The normalized spacial score (nSPS) is 13.9. The Balaban J connectivity index is 1.38. The van der Waals surface area contributed by atoms with E-state index in [0.29, 0.717) is 46.8 Å². The van der Waals surface area contributed by atoms with E-state index >= 15 is 0 Å². The average molecular weight is 553 g/mol. The largest absolute Gasteiger partial charge is 0.434 e. The number of thiophene rings is 1. The Morgan fingerprint density at radius 1 is 1.21 bits per heavy atom. The first-order chi connectivity index (χ1) is 18.9. The van der Waals surface area contributed by atoms with Crippen LogP contribution in [0.1, 0.15) is 20.0 Å². The summed E-state index contributed by atoms with van der Waals surface area (Å²) in [6, 6.07) is 6.50. The van der Waals surface area contributed by atoms with Gasteiger partial charge in [-0.3, -0.25) is 14.3 Å². The van der Waals surface area contributed by atoms with E-state index < -0.39 is 12.5 Å². The summed E-state index contributed by atoms with van der Waals surface area (Å²) in [6.45, 7) is -0.471. The number of hydrogen-bond donors (Lipinski definition) is 2. The van der Waals surface area contributed by atoms with Crippen molar-refractivity contribution in [1.82, 2.24) is 34.6 Å². The van der Waals surface area contributed by atoms with Crippen molar-refractivity contribution in [2.75, 3.05) is 31.5 Å². The van der Waals surface area contributed by atoms with Gasteiger partial charge in [-0.15, -0.1) is 11.3 Å². The van der Waals surface area contributed by atoms with Gasteiger partial charge in [0.25, 0.3) is 11.8 Å². The number of carbonyl (C=O) groups is 2. The number of nitrogens with zero attached hydrogens (tertiary/aromatic N) is 6. The minimum atomic E-state index is -3.09. The van der Waals surface area contributed by atoms with E-state index in [1.54, 1.807) is 48.7 Å². The van der Waals surface area contributed by atoms with Crippen LogP contribution in [0.3, 0.4) is 0 Å². The standard InChI is InChI=1S/C25H22F2N8O3S/c1-33-13-17(31-23(36)16-12-30-35-6-2-3-29-22(16)35)21(32-33)15-11-19-14(9-18(15)38-25(26)27)10-20(39-19)24(37)34-7-4-28-5-8-34/h2-3,6,9-13,25,28H,4-5,7-8H2,1H3,(H,31,36). The van der Waals surface area contributed by atoms with Gasteiger partial charge in [-0.25, -0.2) is 9.50 Å². The van der Waals surface area contributed by atoms with Crippen molar-refractivity contribution in [2.45, 2.75) is 6.61 Å². The lowest BCUT2D eigenvalue weighted by Crippen LogP contribution is -2.46. The van der Waals surface area contributed by atoms with Gasteiger partial charge in [0, 0.05) is 62.1 Å². The second-order valence-corrected chi connectivity index (χ2v) is 9.97. The number of amides is 2. The minimum Gasteiger partial charge on any atom is -0.434 e. The van der Waals surface area contributed by atoms with Crippen LogP contribution in [0, 0.1) is 0 Å². The molecule has 14 heteroatoms. The summed E-state index contributed by atoms with van der Waals surface area (Å²) in [7, 11) is 1.65. The van der Waals surface area contributed by atoms with Crippen LogP contribution in [0.2, 0.25) is 0 Å². The van der Waals surface area contributed by atoms with Crippen LogP contribution in [-0.4, -0.2) is 73.9 Å². The van der Waals surface area contributed by atoms with Crippen LogP contribution in [0.15, 0.2) is 49.1 Å². The average Bonchev–Trinajstić information content (AvgIpc) is 3.64. The molecule has 1 aliphatic rings. The molecule has 0 saturated carbocycles. The van der Waals surface area contributed by atoms with Crippen LogP contribution in [-0.2, 0) is 7.05 Å². The molecular formula is C25H22F2N8O3S. The smallest absolute Gasteiger partial charge is 0.387 e. The maximum Gasteiger partial charge on any atom is 0.387 e. The lowest BCUT2D eigenvalue weighted by molar-refractivity contribution is -0.0493. The van der Waals surface area contributed by atoms with E-state index in [-0.39, 0.29) is 34.2 Å². The molecular weight excluding hydrogens is 530 g/mol. The minimum absolute atomic E-state index is 0.108. The first-order valence-corrected chi connectivity index (χ1v) is 12.8. The molecule has 5 aromatic rings. The Labute approximate surface area is 224 Å². The second-order valence-electron chi connectivity index (χ2n) is 8.88. The molecule has 1 aliphatic heterocycles. The molecule has 2 N–H and O–H groups in total. The summed E-state index contributed by atoms with van der Waals surface area (Å²) in [5.41, 5.74) is 1.36. The molecule has 4 aromatic heterocycles. The molecule has 2 amide bonds. The van der Waals surface area contributed by atoms with Gasteiger partial charge < -0.3 is 20.3 Å². The van der Waals surface area contributed by atoms with Crippen LogP contribution in [0.25, 0.3) is 27.0 Å². The van der Waals surface area contributed by atoms with Gasteiger partial charge in [0.05, 0.1) is 16.8 Å². The van der Waals surface area contributed by atoms with E-state index in [4.69, 9.17) is 4.74 Å². The summed E-state index contributed by atoms with van der Waals surface area (Å²) in [6.07, 6.45) is 6.18. The Bertz CT molecular complexity index is 1710. The van der Waals surface area contributed by atoms with E-state index in [1.165, 1.54) is 32.8 Å². The second kappa shape index (κ2) is 10.0. The van der Waals surface area contributed by atoms with Crippen molar-refractivity contribution >= 4 is 44.6 Å². The summed E-state index contributed by atoms with van der Waals surface area (Å²) < 4.78 is 35.4. The van der Waals surface area contributed by atoms with Crippen molar-refractivity contribution in [3.8, 4) is 17.0 Å². The van der Waals surface area contributed by atoms with Gasteiger partial charge in [-0.05, 0) is 29.7 Å². The highest BCUT2D eigenvalue weighted by Gasteiger charge is 2.24. The van der Waals surface area contributed by atoms with Crippen molar-refractivity contribution < 1.29 is 23.1 Å². The number of nitrogens with one attached hydrogen (secondary N) is 2. The summed E-state index contributed by atoms with van der Waals surface area (Å²) in [5, 5.41) is 15.2. The first kappa shape index (κ1) is 24.9. The van der Waals surface area contributed by atoms with Crippen molar-refractivity contribution in [3.05, 3.63) is 59.5 Å². The quantitative estimate of drug-likeness (QED) is 0.332. The van der Waals surface area contributed by atoms with Crippen LogP contribution < -0.4 is 15.4 Å². The molecule has 11 nitrogen and oxygen atoms in total. The monoisotopic (exact) mass is 552 g/mol. The van der Waals surface area contributed by atoms with Gasteiger partial charge in [0.15, 0.2) is 5.65 Å². The molecule has 6 rings (SSSR count). The van der Waals surface area contributed by atoms with E-state index in [0.717, 1.165) is 0 Å². The fourth-order valence-electron chi connectivity index (χ4n) is 4.53. The number of alkyl halides is 2.